The number of nitrogens with one attached hydrogen (secondary N) is 2. The number of phenolic OH excluding ortho intramolecular Hbond substituents is 1. The first-order chi connectivity index (χ1) is 10.6. The van der Waals surface area contributed by atoms with Crippen LogP contribution in [0.25, 0.3) is 10.9 Å². The van der Waals surface area contributed by atoms with Gasteiger partial charge in [-0.05, 0) is 48.4 Å². The van der Waals surface area contributed by atoms with Gasteiger partial charge in [0.1, 0.15) is 5.75 Å². The Morgan fingerprint density at radius 3 is 2.91 bits per heavy atom. The topological polar surface area (TPSA) is 48.0 Å². The van der Waals surface area contributed by atoms with Crippen LogP contribution in [0.3, 0.4) is 0 Å². The molecule has 3 aromatic rings. The molecule has 0 spiro atoms. The van der Waals surface area contributed by atoms with E-state index in [2.05, 4.69) is 38.4 Å². The lowest BCUT2D eigenvalue weighted by Crippen LogP contribution is -2.30. The molecular weight excluding hydrogens is 364 g/mol. The molecular formula is C17H14BrClN2O. The number of H-pyrrole nitrogens is 1. The number of aromatic amines is 1. The molecule has 5 heteroatoms. The fourth-order valence-corrected chi connectivity index (χ4v) is 3.76. The van der Waals surface area contributed by atoms with Crippen LogP contribution >= 0.6 is 27.5 Å². The zero-order valence-corrected chi connectivity index (χ0v) is 14.0. The molecule has 3 N–H and O–H groups in total. The van der Waals surface area contributed by atoms with Gasteiger partial charge >= 0.3 is 0 Å². The van der Waals surface area contributed by atoms with Gasteiger partial charge in [0.05, 0.1) is 6.04 Å². The van der Waals surface area contributed by atoms with Crippen molar-refractivity contribution in [3.8, 4) is 5.75 Å². The molecule has 1 aliphatic rings. The van der Waals surface area contributed by atoms with Gasteiger partial charge in [-0.2, -0.15) is 0 Å². The SMILES string of the molecule is Oc1ccc(Cl)cc1C1NCCc2c1[nH]c1ccc(Br)cc21. The van der Waals surface area contributed by atoms with Crippen LogP contribution in [0, 0.1) is 0 Å². The Hall–Kier alpha value is -1.49. The van der Waals surface area contributed by atoms with Crippen LogP contribution in [0.1, 0.15) is 22.9 Å². The minimum absolute atomic E-state index is 0.0753. The van der Waals surface area contributed by atoms with E-state index in [1.807, 2.05) is 12.1 Å². The summed E-state index contributed by atoms with van der Waals surface area (Å²) >= 11 is 9.65. The second-order valence-electron chi connectivity index (χ2n) is 5.55. The molecule has 0 amide bonds. The summed E-state index contributed by atoms with van der Waals surface area (Å²) in [6, 6.07) is 11.3. The number of hydrogen-bond acceptors (Lipinski definition) is 2. The average molecular weight is 378 g/mol. The highest BCUT2D eigenvalue weighted by Crippen LogP contribution is 2.38. The number of rotatable bonds is 1. The Morgan fingerprint density at radius 1 is 1.18 bits per heavy atom. The Kier molecular flexibility index (Phi) is 3.40. The summed E-state index contributed by atoms with van der Waals surface area (Å²) < 4.78 is 1.07. The summed E-state index contributed by atoms with van der Waals surface area (Å²) in [5.74, 6) is 0.259. The largest absolute Gasteiger partial charge is 0.508 e. The summed E-state index contributed by atoms with van der Waals surface area (Å²) in [6.07, 6.45) is 0.962. The third kappa shape index (κ3) is 2.22. The van der Waals surface area contributed by atoms with Crippen LogP contribution < -0.4 is 5.32 Å². The zero-order valence-electron chi connectivity index (χ0n) is 11.7. The van der Waals surface area contributed by atoms with Gasteiger partial charge in [-0.25, -0.2) is 0 Å². The molecule has 4 rings (SSSR count). The number of fused-ring (bicyclic) bond motifs is 3. The molecule has 0 aliphatic carbocycles. The van der Waals surface area contributed by atoms with Crippen LogP contribution in [0.4, 0.5) is 0 Å². The maximum atomic E-state index is 10.2. The van der Waals surface area contributed by atoms with Crippen molar-refractivity contribution in [2.45, 2.75) is 12.5 Å². The van der Waals surface area contributed by atoms with Gasteiger partial charge in [0.15, 0.2) is 0 Å². The molecule has 0 radical (unpaired) electrons. The Bertz CT molecular complexity index is 874. The summed E-state index contributed by atoms with van der Waals surface area (Å²) in [4.78, 5) is 3.50. The van der Waals surface area contributed by atoms with E-state index >= 15 is 0 Å². The van der Waals surface area contributed by atoms with Gasteiger partial charge < -0.3 is 15.4 Å². The number of phenols is 1. The van der Waals surface area contributed by atoms with Crippen molar-refractivity contribution in [2.75, 3.05) is 6.54 Å². The van der Waals surface area contributed by atoms with Crippen LogP contribution in [0.15, 0.2) is 40.9 Å². The van der Waals surface area contributed by atoms with Crippen molar-refractivity contribution < 1.29 is 5.11 Å². The van der Waals surface area contributed by atoms with Crippen molar-refractivity contribution in [3.63, 3.8) is 0 Å². The maximum absolute atomic E-state index is 10.2. The van der Waals surface area contributed by atoms with E-state index < -0.39 is 0 Å². The van der Waals surface area contributed by atoms with Gasteiger partial charge in [0.2, 0.25) is 0 Å². The van der Waals surface area contributed by atoms with E-state index in [1.165, 1.54) is 10.9 Å². The Labute approximate surface area is 141 Å². The van der Waals surface area contributed by atoms with Gasteiger partial charge in [-0.1, -0.05) is 27.5 Å². The molecule has 1 aliphatic heterocycles. The smallest absolute Gasteiger partial charge is 0.120 e. The lowest BCUT2D eigenvalue weighted by Gasteiger charge is -2.25. The van der Waals surface area contributed by atoms with Crippen LogP contribution in [-0.2, 0) is 6.42 Å². The average Bonchev–Trinajstić information content (AvgIpc) is 2.88. The highest BCUT2D eigenvalue weighted by atomic mass is 79.9. The fourth-order valence-electron chi connectivity index (χ4n) is 3.22. The molecule has 22 heavy (non-hydrogen) atoms. The van der Waals surface area contributed by atoms with E-state index in [1.54, 1.807) is 12.1 Å². The van der Waals surface area contributed by atoms with E-state index in [4.69, 9.17) is 11.6 Å². The minimum atomic E-state index is -0.0753. The number of benzene rings is 2. The van der Waals surface area contributed by atoms with Gasteiger partial charge in [-0.15, -0.1) is 0 Å². The second-order valence-corrected chi connectivity index (χ2v) is 6.90. The number of aromatic hydroxyl groups is 1. The monoisotopic (exact) mass is 376 g/mol. The van der Waals surface area contributed by atoms with E-state index in [-0.39, 0.29) is 11.8 Å². The van der Waals surface area contributed by atoms with Gasteiger partial charge in [-0.3, -0.25) is 0 Å². The molecule has 2 aromatic carbocycles. The molecule has 0 bridgehead atoms. The van der Waals surface area contributed by atoms with Crippen LogP contribution in [0.2, 0.25) is 5.02 Å². The normalized spacial score (nSPS) is 17.6. The standard InChI is InChI=1S/C17H14BrClN2O/c18-9-1-3-14-12(7-9)11-5-6-20-16(17(11)21-14)13-8-10(19)2-4-15(13)22/h1-4,7-8,16,20-22H,5-6H2. The third-order valence-corrected chi connectivity index (χ3v) is 4.94. The minimum Gasteiger partial charge on any atom is -0.508 e. The zero-order chi connectivity index (χ0) is 15.3. The quantitative estimate of drug-likeness (QED) is 0.584. The van der Waals surface area contributed by atoms with E-state index in [0.717, 1.165) is 34.2 Å². The Balaban J connectivity index is 1.92. The summed E-state index contributed by atoms with van der Waals surface area (Å²) in [6.45, 7) is 0.864. The molecule has 112 valence electrons. The first-order valence-corrected chi connectivity index (χ1v) is 8.32. The molecule has 3 nitrogen and oxygen atoms in total. The Morgan fingerprint density at radius 2 is 2.05 bits per heavy atom. The van der Waals surface area contributed by atoms with Gasteiger partial charge in [0.25, 0.3) is 0 Å². The number of hydrogen-bond donors (Lipinski definition) is 3. The molecule has 0 saturated carbocycles. The summed E-state index contributed by atoms with van der Waals surface area (Å²) in [5, 5.41) is 15.5. The maximum Gasteiger partial charge on any atom is 0.120 e. The molecule has 2 heterocycles. The van der Waals surface area contributed by atoms with Crippen molar-refractivity contribution in [1.29, 1.82) is 0 Å². The molecule has 1 atom stereocenters. The van der Waals surface area contributed by atoms with Crippen molar-refractivity contribution in [3.05, 3.63) is 62.7 Å². The second kappa shape index (κ2) is 5.30. The molecule has 1 aromatic heterocycles. The summed E-state index contributed by atoms with van der Waals surface area (Å²) in [7, 11) is 0. The van der Waals surface area contributed by atoms with Crippen molar-refractivity contribution >= 4 is 38.4 Å². The number of halogens is 2. The molecule has 0 fully saturated rings. The van der Waals surface area contributed by atoms with Crippen molar-refractivity contribution in [1.82, 2.24) is 10.3 Å². The third-order valence-electron chi connectivity index (χ3n) is 4.21. The summed E-state index contributed by atoms with van der Waals surface area (Å²) in [5.41, 5.74) is 4.33. The van der Waals surface area contributed by atoms with Crippen molar-refractivity contribution in [2.24, 2.45) is 0 Å². The molecule has 0 saturated heterocycles. The lowest BCUT2D eigenvalue weighted by molar-refractivity contribution is 0.452. The molecule has 1 unspecified atom stereocenters. The first-order valence-electron chi connectivity index (χ1n) is 7.15. The van der Waals surface area contributed by atoms with E-state index in [0.29, 0.717) is 5.02 Å². The predicted octanol–water partition coefficient (Wildman–Crippen LogP) is 4.52. The fraction of sp³-hybridized carbons (Fsp3) is 0.176. The number of aromatic nitrogens is 1. The van der Waals surface area contributed by atoms with E-state index in [9.17, 15) is 5.11 Å². The predicted molar refractivity (Wildman–Crippen MR) is 92.7 cm³/mol. The highest BCUT2D eigenvalue weighted by molar-refractivity contribution is 9.10. The first kappa shape index (κ1) is 14.1. The van der Waals surface area contributed by atoms with Crippen LogP contribution in [-0.4, -0.2) is 16.6 Å². The lowest BCUT2D eigenvalue weighted by atomic mass is 9.94. The highest BCUT2D eigenvalue weighted by Gasteiger charge is 2.27. The van der Waals surface area contributed by atoms with Crippen LogP contribution in [0.5, 0.6) is 5.75 Å². The van der Waals surface area contributed by atoms with Gasteiger partial charge in [0, 0.05) is 38.2 Å².